The maximum Gasteiger partial charge on any atom is 0.252 e. The Morgan fingerprint density at radius 2 is 1.93 bits per heavy atom. The van der Waals surface area contributed by atoms with Crippen LogP contribution in [0.15, 0.2) is 35.9 Å². The summed E-state index contributed by atoms with van der Waals surface area (Å²) in [5.41, 5.74) is 1.69. The Balaban J connectivity index is 2.57. The minimum Gasteiger partial charge on any atom is -0.490 e. The molecule has 0 aliphatic carbocycles. The molecule has 0 atom stereocenters. The van der Waals surface area contributed by atoms with Crippen LogP contribution in [0.5, 0.6) is 5.75 Å². The third kappa shape index (κ3) is 4.17. The lowest BCUT2D eigenvalue weighted by Gasteiger charge is -2.03. The van der Waals surface area contributed by atoms with Crippen LogP contribution in [0, 0.1) is 0 Å². The topological polar surface area (TPSA) is 26.3 Å². The predicted molar refractivity (Wildman–Crippen MR) is 61.6 cm³/mol. The summed E-state index contributed by atoms with van der Waals surface area (Å²) in [5, 5.41) is -0.453. The maximum atomic E-state index is 10.8. The quantitative estimate of drug-likeness (QED) is 0.579. The molecule has 0 saturated heterocycles. The highest BCUT2D eigenvalue weighted by atomic mass is 35.5. The lowest BCUT2D eigenvalue weighted by Crippen LogP contribution is -1.95. The van der Waals surface area contributed by atoms with Gasteiger partial charge in [0.1, 0.15) is 12.4 Å². The van der Waals surface area contributed by atoms with Gasteiger partial charge in [0.05, 0.1) is 0 Å². The Kier molecular flexibility index (Phi) is 4.37. The van der Waals surface area contributed by atoms with E-state index in [0.717, 1.165) is 5.75 Å². The first-order valence-electron chi connectivity index (χ1n) is 4.65. The summed E-state index contributed by atoms with van der Waals surface area (Å²) >= 11 is 5.31. The fraction of sp³-hybridized carbons (Fsp3) is 0.250. The largest absolute Gasteiger partial charge is 0.490 e. The van der Waals surface area contributed by atoms with Crippen molar-refractivity contribution in [3.63, 3.8) is 0 Å². The molecule has 0 bridgehead atoms. The van der Waals surface area contributed by atoms with Crippen LogP contribution in [0.25, 0.3) is 0 Å². The Morgan fingerprint density at radius 1 is 1.33 bits per heavy atom. The van der Waals surface area contributed by atoms with Gasteiger partial charge < -0.3 is 4.74 Å². The molecule has 0 N–H and O–H groups in total. The number of rotatable bonds is 4. The number of allylic oxidation sites excluding steroid dienone is 1. The highest BCUT2D eigenvalue weighted by Crippen LogP contribution is 2.13. The molecular formula is C12H13ClO2. The fourth-order valence-corrected chi connectivity index (χ4v) is 1.11. The third-order valence-corrected chi connectivity index (χ3v) is 2.04. The molecule has 3 heteroatoms. The van der Waals surface area contributed by atoms with Crippen molar-refractivity contribution in [2.45, 2.75) is 13.8 Å². The molecule has 0 aliphatic heterocycles. The van der Waals surface area contributed by atoms with Gasteiger partial charge in [-0.15, -0.1) is 0 Å². The maximum absolute atomic E-state index is 10.8. The molecule has 15 heavy (non-hydrogen) atoms. The lowest BCUT2D eigenvalue weighted by atomic mass is 10.2. The molecule has 0 aromatic heterocycles. The van der Waals surface area contributed by atoms with Gasteiger partial charge in [0.2, 0.25) is 0 Å². The molecule has 1 rings (SSSR count). The molecule has 0 unspecified atom stereocenters. The van der Waals surface area contributed by atoms with Gasteiger partial charge in [-0.2, -0.15) is 0 Å². The summed E-state index contributed by atoms with van der Waals surface area (Å²) in [6, 6.07) is 6.75. The number of hydrogen-bond donors (Lipinski definition) is 0. The van der Waals surface area contributed by atoms with Crippen molar-refractivity contribution in [1.29, 1.82) is 0 Å². The number of carbonyl (C=O) groups is 1. The molecular weight excluding hydrogens is 212 g/mol. The molecule has 0 saturated carbocycles. The normalized spacial score (nSPS) is 9.53. The average molecular weight is 225 g/mol. The first-order valence-corrected chi connectivity index (χ1v) is 5.03. The van der Waals surface area contributed by atoms with Crippen LogP contribution < -0.4 is 4.74 Å². The van der Waals surface area contributed by atoms with Crippen molar-refractivity contribution >= 4 is 16.8 Å². The van der Waals surface area contributed by atoms with E-state index in [0.29, 0.717) is 12.2 Å². The van der Waals surface area contributed by atoms with Crippen molar-refractivity contribution in [3.8, 4) is 5.75 Å². The van der Waals surface area contributed by atoms with Crippen LogP contribution in [0.1, 0.15) is 24.2 Å². The van der Waals surface area contributed by atoms with E-state index in [2.05, 4.69) is 0 Å². The first-order chi connectivity index (χ1) is 7.09. The number of benzene rings is 1. The summed E-state index contributed by atoms with van der Waals surface area (Å²) in [6.07, 6.45) is 1.99. The van der Waals surface area contributed by atoms with Gasteiger partial charge in [-0.25, -0.2) is 0 Å². The van der Waals surface area contributed by atoms with Gasteiger partial charge in [0.15, 0.2) is 0 Å². The Morgan fingerprint density at radius 3 is 2.40 bits per heavy atom. The number of halogens is 1. The van der Waals surface area contributed by atoms with Crippen molar-refractivity contribution in [2.24, 2.45) is 0 Å². The molecule has 0 radical (unpaired) electrons. The Hall–Kier alpha value is -1.28. The van der Waals surface area contributed by atoms with Crippen LogP contribution in [0.4, 0.5) is 0 Å². The fourth-order valence-electron chi connectivity index (χ4n) is 0.987. The Bertz CT molecular complexity index is 362. The van der Waals surface area contributed by atoms with Crippen molar-refractivity contribution < 1.29 is 9.53 Å². The molecule has 0 spiro atoms. The minimum absolute atomic E-state index is 0.453. The van der Waals surface area contributed by atoms with E-state index in [4.69, 9.17) is 16.3 Å². The molecule has 0 aliphatic rings. The zero-order chi connectivity index (χ0) is 11.3. The van der Waals surface area contributed by atoms with Crippen molar-refractivity contribution in [2.75, 3.05) is 6.61 Å². The standard InChI is InChI=1S/C12H13ClO2/c1-9(2)7-8-15-11-5-3-10(4-6-11)12(13)14/h3-7H,8H2,1-2H3. The van der Waals surface area contributed by atoms with Gasteiger partial charge in [-0.3, -0.25) is 4.79 Å². The molecule has 1 aromatic rings. The second-order valence-corrected chi connectivity index (χ2v) is 3.73. The van der Waals surface area contributed by atoms with Crippen LogP contribution in [-0.4, -0.2) is 11.8 Å². The number of ether oxygens (including phenoxy) is 1. The third-order valence-electron chi connectivity index (χ3n) is 1.82. The van der Waals surface area contributed by atoms with E-state index in [9.17, 15) is 4.79 Å². The van der Waals surface area contributed by atoms with E-state index >= 15 is 0 Å². The zero-order valence-electron chi connectivity index (χ0n) is 8.79. The van der Waals surface area contributed by atoms with E-state index < -0.39 is 5.24 Å². The molecule has 0 amide bonds. The monoisotopic (exact) mass is 224 g/mol. The van der Waals surface area contributed by atoms with Crippen molar-refractivity contribution in [3.05, 3.63) is 41.5 Å². The summed E-state index contributed by atoms with van der Waals surface area (Å²) in [5.74, 6) is 0.731. The zero-order valence-corrected chi connectivity index (χ0v) is 9.54. The predicted octanol–water partition coefficient (Wildman–Crippen LogP) is 3.41. The van der Waals surface area contributed by atoms with Gasteiger partial charge in [-0.05, 0) is 55.8 Å². The van der Waals surface area contributed by atoms with Gasteiger partial charge in [-0.1, -0.05) is 5.57 Å². The molecule has 2 nitrogen and oxygen atoms in total. The average Bonchev–Trinajstić information content (AvgIpc) is 2.18. The van der Waals surface area contributed by atoms with Crippen LogP contribution in [-0.2, 0) is 0 Å². The summed E-state index contributed by atoms with van der Waals surface area (Å²) in [7, 11) is 0. The SMILES string of the molecule is CC(C)=CCOc1ccc(C(=O)Cl)cc1. The number of carbonyl (C=O) groups excluding carboxylic acids is 1. The van der Waals surface area contributed by atoms with Crippen LogP contribution >= 0.6 is 11.6 Å². The highest BCUT2D eigenvalue weighted by molar-refractivity contribution is 6.67. The summed E-state index contributed by atoms with van der Waals surface area (Å²) in [4.78, 5) is 10.8. The van der Waals surface area contributed by atoms with Crippen LogP contribution in [0.3, 0.4) is 0 Å². The van der Waals surface area contributed by atoms with E-state index in [1.54, 1.807) is 24.3 Å². The van der Waals surface area contributed by atoms with E-state index in [1.165, 1.54) is 5.57 Å². The molecule has 0 heterocycles. The second-order valence-electron chi connectivity index (χ2n) is 3.39. The van der Waals surface area contributed by atoms with Gasteiger partial charge in [0, 0.05) is 5.56 Å². The summed E-state index contributed by atoms with van der Waals surface area (Å²) in [6.45, 7) is 4.56. The smallest absolute Gasteiger partial charge is 0.252 e. The lowest BCUT2D eigenvalue weighted by molar-refractivity contribution is 0.108. The number of hydrogen-bond acceptors (Lipinski definition) is 2. The minimum atomic E-state index is -0.453. The van der Waals surface area contributed by atoms with E-state index in [1.807, 2.05) is 19.9 Å². The van der Waals surface area contributed by atoms with Gasteiger partial charge in [0.25, 0.3) is 5.24 Å². The van der Waals surface area contributed by atoms with Crippen molar-refractivity contribution in [1.82, 2.24) is 0 Å². The van der Waals surface area contributed by atoms with Gasteiger partial charge >= 0.3 is 0 Å². The Labute approximate surface area is 94.5 Å². The summed E-state index contributed by atoms with van der Waals surface area (Å²) < 4.78 is 5.42. The molecule has 80 valence electrons. The second kappa shape index (κ2) is 5.56. The molecule has 0 fully saturated rings. The first kappa shape index (κ1) is 11.8. The molecule has 1 aromatic carbocycles. The highest BCUT2D eigenvalue weighted by Gasteiger charge is 2.00. The van der Waals surface area contributed by atoms with E-state index in [-0.39, 0.29) is 0 Å². The van der Waals surface area contributed by atoms with Crippen LogP contribution in [0.2, 0.25) is 0 Å².